The van der Waals surface area contributed by atoms with Crippen molar-refractivity contribution in [3.05, 3.63) is 116 Å². The van der Waals surface area contributed by atoms with Crippen molar-refractivity contribution in [2.75, 3.05) is 17.7 Å². The number of fused-ring (bicyclic) bond motifs is 2. The zero-order valence-corrected chi connectivity index (χ0v) is 29.8. The second kappa shape index (κ2) is 14.2. The molecule has 0 radical (unpaired) electrons. The van der Waals surface area contributed by atoms with Gasteiger partial charge in [-0.1, -0.05) is 23.7 Å². The lowest BCUT2D eigenvalue weighted by atomic mass is 10.1. The number of primary amides is 1. The lowest BCUT2D eigenvalue weighted by Crippen LogP contribution is -2.30. The van der Waals surface area contributed by atoms with Gasteiger partial charge in [-0.05, 0) is 59.7 Å². The van der Waals surface area contributed by atoms with E-state index < -0.39 is 74.6 Å². The van der Waals surface area contributed by atoms with E-state index in [9.17, 15) is 40.0 Å². The van der Waals surface area contributed by atoms with Gasteiger partial charge in [0, 0.05) is 19.5 Å². The van der Waals surface area contributed by atoms with E-state index in [1.807, 2.05) is 0 Å². The summed E-state index contributed by atoms with van der Waals surface area (Å²) in [7, 11) is -1.19. The number of hydrogen-bond donors (Lipinski definition) is 1. The molecule has 1 atom stereocenters. The van der Waals surface area contributed by atoms with Crippen LogP contribution in [0.1, 0.15) is 28.7 Å². The predicted molar refractivity (Wildman–Crippen MR) is 187 cm³/mol. The molecule has 20 heteroatoms. The Morgan fingerprint density at radius 3 is 2.26 bits per heavy atom. The van der Waals surface area contributed by atoms with Gasteiger partial charge in [-0.15, -0.1) is 0 Å². The third-order valence-corrected chi connectivity index (χ3v) is 9.62. The minimum absolute atomic E-state index is 0.0137. The van der Waals surface area contributed by atoms with Crippen molar-refractivity contribution < 1.29 is 44.6 Å². The number of alkyl halides is 3. The number of nitrogens with zero attached hydrogens (tertiary/aromatic N) is 6. The SMILES string of the molecule is COc1ccc(CN(c2nn(C)c3c(-n4c([C@H](Cc5cc(F)cc(F)c5)OC(N)=O)nc5nc(C(F)(F)F)ccc5c4=O)ccc(Cl)c23)S(C)(=O)=O)cc1. The number of amides is 1. The van der Waals surface area contributed by atoms with Crippen LogP contribution in [0.15, 0.2) is 71.5 Å². The van der Waals surface area contributed by atoms with Gasteiger partial charge in [0.25, 0.3) is 5.56 Å². The van der Waals surface area contributed by atoms with Crippen LogP contribution in [0.5, 0.6) is 5.75 Å². The highest BCUT2D eigenvalue weighted by atomic mass is 35.5. The van der Waals surface area contributed by atoms with Crippen molar-refractivity contribution in [1.29, 1.82) is 0 Å². The molecule has 0 fully saturated rings. The van der Waals surface area contributed by atoms with Gasteiger partial charge >= 0.3 is 12.3 Å². The van der Waals surface area contributed by atoms with Gasteiger partial charge in [-0.3, -0.25) is 14.0 Å². The molecule has 0 saturated heterocycles. The lowest BCUT2D eigenvalue weighted by Gasteiger charge is -2.22. The summed E-state index contributed by atoms with van der Waals surface area (Å²) in [6.45, 7) is -0.218. The first-order valence-corrected chi connectivity index (χ1v) is 17.8. The van der Waals surface area contributed by atoms with Gasteiger partial charge in [0.1, 0.15) is 23.1 Å². The smallest absolute Gasteiger partial charge is 0.433 e. The molecule has 54 heavy (non-hydrogen) atoms. The van der Waals surface area contributed by atoms with E-state index >= 15 is 0 Å². The maximum absolute atomic E-state index is 14.4. The molecule has 0 aliphatic heterocycles. The van der Waals surface area contributed by atoms with E-state index in [0.29, 0.717) is 23.4 Å². The van der Waals surface area contributed by atoms with Crippen LogP contribution in [0.25, 0.3) is 27.6 Å². The van der Waals surface area contributed by atoms with Gasteiger partial charge in [0.2, 0.25) is 10.0 Å². The Morgan fingerprint density at radius 2 is 1.67 bits per heavy atom. The van der Waals surface area contributed by atoms with E-state index in [1.165, 1.54) is 31.0 Å². The number of halogens is 6. The van der Waals surface area contributed by atoms with Crippen LogP contribution in [0, 0.1) is 11.6 Å². The first kappa shape index (κ1) is 37.9. The van der Waals surface area contributed by atoms with Crippen molar-refractivity contribution in [2.45, 2.75) is 25.2 Å². The van der Waals surface area contributed by atoms with Crippen LogP contribution in [-0.4, -0.2) is 52.2 Å². The maximum Gasteiger partial charge on any atom is 0.433 e. The van der Waals surface area contributed by atoms with Crippen molar-refractivity contribution in [1.82, 2.24) is 24.3 Å². The molecule has 0 aliphatic carbocycles. The second-order valence-electron chi connectivity index (χ2n) is 11.9. The first-order chi connectivity index (χ1) is 25.3. The number of methoxy groups -OCH3 is 1. The molecular weight excluding hydrogens is 765 g/mol. The summed E-state index contributed by atoms with van der Waals surface area (Å²) < 4.78 is 110. The van der Waals surface area contributed by atoms with Gasteiger partial charge in [0.15, 0.2) is 23.4 Å². The normalized spacial score (nSPS) is 12.6. The van der Waals surface area contributed by atoms with Crippen LogP contribution in [0.4, 0.5) is 32.6 Å². The van der Waals surface area contributed by atoms with Gasteiger partial charge in [-0.25, -0.2) is 36.3 Å². The molecule has 6 rings (SSSR count). The Kier molecular flexibility index (Phi) is 9.97. The minimum atomic E-state index is -4.95. The number of nitrogens with two attached hydrogens (primary N) is 1. The number of aryl methyl sites for hydroxylation is 1. The number of benzene rings is 3. The number of rotatable bonds is 10. The Labute approximate surface area is 307 Å². The molecule has 0 saturated carbocycles. The standard InChI is InChI=1S/C34H27ClF5N7O6S/c1-45-28-24(10-9-23(35)27(28)31(44-45)46(54(3,50)51)16-17-4-6-21(52-2)7-5-17)47-30(25(53-33(41)49)14-18-12-19(36)15-20(37)13-18)43-29-22(32(47)48)8-11-26(42-29)34(38,39)40/h4-13,15,25H,14,16H2,1-3H3,(H2,41,49)/t25-/m0/s1. The van der Waals surface area contributed by atoms with Crippen LogP contribution in [0.2, 0.25) is 5.02 Å². The fourth-order valence-corrected chi connectivity index (χ4v) is 6.96. The number of ether oxygens (including phenoxy) is 2. The van der Waals surface area contributed by atoms with E-state index in [2.05, 4.69) is 15.1 Å². The number of carbonyl (C=O) groups is 1. The molecule has 3 aromatic heterocycles. The number of pyridine rings is 1. The molecule has 0 aliphatic rings. The van der Waals surface area contributed by atoms with Gasteiger partial charge in [0.05, 0.1) is 46.9 Å². The molecule has 2 N–H and O–H groups in total. The summed E-state index contributed by atoms with van der Waals surface area (Å²) in [5.74, 6) is -2.20. The van der Waals surface area contributed by atoms with Crippen LogP contribution < -0.4 is 20.3 Å². The number of anilines is 1. The number of sulfonamides is 1. The van der Waals surface area contributed by atoms with Gasteiger partial charge in [-0.2, -0.15) is 18.3 Å². The van der Waals surface area contributed by atoms with Crippen molar-refractivity contribution in [3.63, 3.8) is 0 Å². The average Bonchev–Trinajstić information content (AvgIpc) is 3.43. The van der Waals surface area contributed by atoms with Crippen molar-refractivity contribution in [3.8, 4) is 11.4 Å². The number of hydrogen-bond acceptors (Lipinski definition) is 9. The van der Waals surface area contributed by atoms with Gasteiger partial charge < -0.3 is 15.2 Å². The van der Waals surface area contributed by atoms with E-state index in [1.54, 1.807) is 24.3 Å². The van der Waals surface area contributed by atoms with Crippen molar-refractivity contribution in [2.24, 2.45) is 12.8 Å². The second-order valence-corrected chi connectivity index (χ2v) is 14.3. The molecule has 0 spiro atoms. The molecule has 3 heterocycles. The summed E-state index contributed by atoms with van der Waals surface area (Å²) >= 11 is 6.71. The summed E-state index contributed by atoms with van der Waals surface area (Å²) in [5, 5.41) is 4.07. The Bertz CT molecular complexity index is 2600. The fourth-order valence-electron chi connectivity index (χ4n) is 5.90. The maximum atomic E-state index is 14.4. The Hall–Kier alpha value is -5.82. The molecule has 13 nitrogen and oxygen atoms in total. The fraction of sp³-hybridized carbons (Fsp3) is 0.206. The highest BCUT2D eigenvalue weighted by molar-refractivity contribution is 7.92. The van der Waals surface area contributed by atoms with Crippen molar-refractivity contribution >= 4 is 55.5 Å². The summed E-state index contributed by atoms with van der Waals surface area (Å²) in [6, 6.07) is 13.0. The van der Waals surface area contributed by atoms with E-state index in [-0.39, 0.29) is 39.5 Å². The van der Waals surface area contributed by atoms with Crippen LogP contribution in [0.3, 0.4) is 0 Å². The molecule has 0 bridgehead atoms. The molecule has 282 valence electrons. The molecule has 6 aromatic rings. The number of carbonyl (C=O) groups excluding carboxylic acids is 1. The molecule has 0 unspecified atom stereocenters. The number of aromatic nitrogens is 5. The third-order valence-electron chi connectivity index (χ3n) is 8.20. The largest absolute Gasteiger partial charge is 0.497 e. The summed E-state index contributed by atoms with van der Waals surface area (Å²) in [5.41, 5.74) is 2.59. The first-order valence-electron chi connectivity index (χ1n) is 15.5. The minimum Gasteiger partial charge on any atom is -0.497 e. The lowest BCUT2D eigenvalue weighted by molar-refractivity contribution is -0.141. The Morgan fingerprint density at radius 1 is 1.00 bits per heavy atom. The highest BCUT2D eigenvalue weighted by Gasteiger charge is 2.35. The zero-order chi connectivity index (χ0) is 39.3. The predicted octanol–water partition coefficient (Wildman–Crippen LogP) is 5.97. The van der Waals surface area contributed by atoms with E-state index in [4.69, 9.17) is 26.8 Å². The highest BCUT2D eigenvalue weighted by Crippen LogP contribution is 2.38. The zero-order valence-electron chi connectivity index (χ0n) is 28.2. The van der Waals surface area contributed by atoms with Crippen LogP contribution in [-0.2, 0) is 40.9 Å². The van der Waals surface area contributed by atoms with Crippen LogP contribution >= 0.6 is 11.6 Å². The molecule has 3 aromatic carbocycles. The summed E-state index contributed by atoms with van der Waals surface area (Å²) in [4.78, 5) is 34.4. The average molecular weight is 792 g/mol. The summed E-state index contributed by atoms with van der Waals surface area (Å²) in [6.07, 6.45) is -7.77. The molecular formula is C34H27ClF5N7O6S. The van der Waals surface area contributed by atoms with E-state index in [0.717, 1.165) is 33.3 Å². The topological polar surface area (TPSA) is 165 Å². The third kappa shape index (κ3) is 7.49. The quantitative estimate of drug-likeness (QED) is 0.165. The Balaban J connectivity index is 1.65. The monoisotopic (exact) mass is 791 g/mol. The molecule has 1 amide bonds.